The highest BCUT2D eigenvalue weighted by molar-refractivity contribution is 5.88. The lowest BCUT2D eigenvalue weighted by atomic mass is 10.0. The van der Waals surface area contributed by atoms with Gasteiger partial charge in [-0.2, -0.15) is 5.26 Å². The van der Waals surface area contributed by atoms with Gasteiger partial charge >= 0.3 is 0 Å². The van der Waals surface area contributed by atoms with Crippen molar-refractivity contribution in [2.75, 3.05) is 36.5 Å². The third kappa shape index (κ3) is 4.95. The quantitative estimate of drug-likeness (QED) is 0.556. The van der Waals surface area contributed by atoms with Gasteiger partial charge in [0.15, 0.2) is 0 Å². The first kappa shape index (κ1) is 25.0. The number of aromatic nitrogens is 3. The van der Waals surface area contributed by atoms with Gasteiger partial charge in [0.25, 0.3) is 12.0 Å². The number of rotatable bonds is 6. The number of amides is 1. The lowest BCUT2D eigenvalue weighted by molar-refractivity contribution is -0.130. The summed E-state index contributed by atoms with van der Waals surface area (Å²) in [7, 11) is 0. The highest BCUT2D eigenvalue weighted by Gasteiger charge is 2.23. The number of nitrogens with zero attached hydrogens (tertiary/aromatic N) is 6. The first-order valence-corrected chi connectivity index (χ1v) is 11.3. The number of carbonyl (C=O) groups excluding carboxylic acids is 1. The summed E-state index contributed by atoms with van der Waals surface area (Å²) < 4.78 is 42.5. The predicted octanol–water partition coefficient (Wildman–Crippen LogP) is 3.04. The van der Waals surface area contributed by atoms with E-state index in [1.54, 1.807) is 30.0 Å². The Hall–Kier alpha value is -4.14. The maximum absolute atomic E-state index is 14.7. The molecule has 3 heterocycles. The second-order valence-electron chi connectivity index (χ2n) is 8.46. The van der Waals surface area contributed by atoms with E-state index in [0.717, 1.165) is 6.07 Å². The van der Waals surface area contributed by atoms with E-state index >= 15 is 0 Å². The van der Waals surface area contributed by atoms with Crippen molar-refractivity contribution >= 4 is 22.6 Å². The van der Waals surface area contributed by atoms with E-state index in [2.05, 4.69) is 15.3 Å². The van der Waals surface area contributed by atoms with E-state index in [0.29, 0.717) is 48.7 Å². The Morgan fingerprint density at radius 2 is 1.89 bits per heavy atom. The normalized spacial score (nSPS) is 14.7. The molecule has 1 N–H and O–H groups in total. The molecule has 0 unspecified atom stereocenters. The second kappa shape index (κ2) is 10.2. The molecule has 1 aromatic carbocycles. The lowest BCUT2D eigenvalue weighted by Gasteiger charge is -2.36. The average Bonchev–Trinajstić information content (AvgIpc) is 2.83. The Kier molecular flexibility index (Phi) is 7.10. The number of fused-ring (bicyclic) bond motifs is 1. The summed E-state index contributed by atoms with van der Waals surface area (Å²) in [4.78, 5) is 35.2. The Morgan fingerprint density at radius 1 is 1.19 bits per heavy atom. The first-order chi connectivity index (χ1) is 17.2. The van der Waals surface area contributed by atoms with E-state index in [-0.39, 0.29) is 23.5 Å². The molecule has 0 bridgehead atoms. The molecule has 0 aliphatic carbocycles. The summed E-state index contributed by atoms with van der Waals surface area (Å²) in [5.74, 6) is -0.539. The number of hydrogen-bond donors (Lipinski definition) is 1. The van der Waals surface area contributed by atoms with Crippen LogP contribution in [0.1, 0.15) is 42.8 Å². The molecule has 1 atom stereocenters. The molecule has 1 aliphatic rings. The van der Waals surface area contributed by atoms with Crippen LogP contribution in [0.15, 0.2) is 35.3 Å². The number of anilines is 1. The van der Waals surface area contributed by atoms with Crippen molar-refractivity contribution in [1.82, 2.24) is 19.5 Å². The fourth-order valence-corrected chi connectivity index (χ4v) is 4.23. The zero-order valence-electron chi connectivity index (χ0n) is 19.7. The highest BCUT2D eigenvalue weighted by Crippen LogP contribution is 2.30. The minimum Gasteiger partial charge on any atom is -0.363 e. The molecule has 2 aromatic heterocycles. The third-order valence-corrected chi connectivity index (χ3v) is 6.08. The molecule has 9 nitrogen and oxygen atoms in total. The van der Waals surface area contributed by atoms with Gasteiger partial charge in [-0.1, -0.05) is 18.2 Å². The molecule has 188 valence electrons. The average molecular weight is 499 g/mol. The Balaban J connectivity index is 1.65. The maximum atomic E-state index is 14.7. The van der Waals surface area contributed by atoms with Crippen LogP contribution in [0.3, 0.4) is 0 Å². The number of aryl methyl sites for hydroxylation is 1. The van der Waals surface area contributed by atoms with Crippen LogP contribution in [0.5, 0.6) is 0 Å². The lowest BCUT2D eigenvalue weighted by Crippen LogP contribution is -2.55. The molecule has 1 aliphatic heterocycles. The van der Waals surface area contributed by atoms with Crippen LogP contribution in [0, 0.1) is 24.1 Å². The minimum absolute atomic E-state index is 0.0590. The van der Waals surface area contributed by atoms with Crippen LogP contribution < -0.4 is 15.9 Å². The monoisotopic (exact) mass is 499 g/mol. The fraction of sp³-hybridized carbons (Fsp3) is 0.375. The van der Waals surface area contributed by atoms with Gasteiger partial charge in [-0.25, -0.2) is 27.8 Å². The van der Waals surface area contributed by atoms with E-state index in [4.69, 9.17) is 5.26 Å². The summed E-state index contributed by atoms with van der Waals surface area (Å²) >= 11 is 0. The van der Waals surface area contributed by atoms with Crippen LogP contribution in [-0.2, 0) is 4.79 Å². The van der Waals surface area contributed by atoms with Crippen LogP contribution in [0.25, 0.3) is 10.9 Å². The van der Waals surface area contributed by atoms with E-state index in [9.17, 15) is 22.8 Å². The molecule has 0 radical (unpaired) electrons. The zero-order chi connectivity index (χ0) is 26.0. The first-order valence-electron chi connectivity index (χ1n) is 11.3. The highest BCUT2D eigenvalue weighted by atomic mass is 19.3. The molecule has 4 rings (SSSR count). The molecule has 3 aromatic rings. The van der Waals surface area contributed by atoms with Crippen molar-refractivity contribution in [3.8, 4) is 6.07 Å². The molecular formula is C24H24F3N7O2. The van der Waals surface area contributed by atoms with Crippen LogP contribution >= 0.6 is 0 Å². The Bertz CT molecular complexity index is 1390. The summed E-state index contributed by atoms with van der Waals surface area (Å²) in [6.45, 7) is 4.75. The predicted molar refractivity (Wildman–Crippen MR) is 127 cm³/mol. The van der Waals surface area contributed by atoms with Crippen molar-refractivity contribution in [2.24, 2.45) is 0 Å². The molecule has 12 heteroatoms. The van der Waals surface area contributed by atoms with Crippen LogP contribution in [0.4, 0.5) is 19.0 Å². The van der Waals surface area contributed by atoms with E-state index in [1.807, 2.05) is 6.07 Å². The summed E-state index contributed by atoms with van der Waals surface area (Å²) in [5.41, 5.74) is -0.565. The summed E-state index contributed by atoms with van der Waals surface area (Å²) in [6, 6.07) is 6.35. The van der Waals surface area contributed by atoms with Gasteiger partial charge in [0.05, 0.1) is 41.7 Å². The number of nitriles is 1. The van der Waals surface area contributed by atoms with E-state index in [1.165, 1.54) is 22.9 Å². The van der Waals surface area contributed by atoms with Gasteiger partial charge < -0.3 is 15.2 Å². The number of alkyl halides is 2. The minimum atomic E-state index is -2.94. The fourth-order valence-electron chi connectivity index (χ4n) is 4.23. The number of benzene rings is 1. The summed E-state index contributed by atoms with van der Waals surface area (Å²) in [5, 5.41) is 14.1. The molecule has 0 spiro atoms. The number of hydrogen-bond acceptors (Lipinski definition) is 7. The van der Waals surface area contributed by atoms with Gasteiger partial charge in [0.2, 0.25) is 5.91 Å². The standard InChI is InChI=1S/C24H24F3N7O2/c1-14(16-4-3-5-17(22(16)25)23(26)27)29-24-18-13-34(21(36)12-19(18)30-15(2)31-24)33-10-8-32(9-11-33)20(35)6-7-28/h3-5,12-14,23H,6,8-11H2,1-2H3,(H,29,30,31)/t14-/m1/s1. The molecule has 0 saturated carbocycles. The number of nitrogens with one attached hydrogen (secondary N) is 1. The number of halogens is 3. The molecule has 1 fully saturated rings. The van der Waals surface area contributed by atoms with Crippen molar-refractivity contribution in [1.29, 1.82) is 5.26 Å². The van der Waals surface area contributed by atoms with Crippen LogP contribution in [0.2, 0.25) is 0 Å². The van der Waals surface area contributed by atoms with Crippen molar-refractivity contribution in [2.45, 2.75) is 32.7 Å². The molecular weight excluding hydrogens is 475 g/mol. The number of pyridine rings is 1. The zero-order valence-corrected chi connectivity index (χ0v) is 19.7. The number of carbonyl (C=O) groups is 1. The third-order valence-electron chi connectivity index (χ3n) is 6.08. The molecule has 1 saturated heterocycles. The smallest absolute Gasteiger partial charge is 0.271 e. The van der Waals surface area contributed by atoms with Gasteiger partial charge in [-0.3, -0.25) is 9.59 Å². The van der Waals surface area contributed by atoms with Gasteiger partial charge in [-0.05, 0) is 13.8 Å². The molecule has 1 amide bonds. The van der Waals surface area contributed by atoms with Crippen LogP contribution in [-0.4, -0.2) is 51.6 Å². The maximum Gasteiger partial charge on any atom is 0.271 e. The molecule has 36 heavy (non-hydrogen) atoms. The van der Waals surface area contributed by atoms with E-state index < -0.39 is 23.8 Å². The van der Waals surface area contributed by atoms with Gasteiger partial charge in [0, 0.05) is 30.9 Å². The Labute approximate surface area is 204 Å². The van der Waals surface area contributed by atoms with Gasteiger partial charge in [-0.15, -0.1) is 0 Å². The van der Waals surface area contributed by atoms with Crippen molar-refractivity contribution < 1.29 is 18.0 Å². The second-order valence-corrected chi connectivity index (χ2v) is 8.46. The summed E-state index contributed by atoms with van der Waals surface area (Å²) in [6.07, 6.45) is -1.56. The van der Waals surface area contributed by atoms with Crippen molar-refractivity contribution in [3.63, 3.8) is 0 Å². The largest absolute Gasteiger partial charge is 0.363 e. The topological polar surface area (TPSA) is 107 Å². The Morgan fingerprint density at radius 3 is 2.56 bits per heavy atom. The van der Waals surface area contributed by atoms with Crippen molar-refractivity contribution in [3.05, 3.63) is 63.6 Å². The van der Waals surface area contributed by atoms with Gasteiger partial charge in [0.1, 0.15) is 23.9 Å². The SMILES string of the molecule is Cc1nc(N[C@H](C)c2cccc(C(F)F)c2F)c2cn(N3CCN(C(=O)CC#N)CC3)c(=O)cc2n1. The number of piperazine rings is 1.